The lowest BCUT2D eigenvalue weighted by Crippen LogP contribution is -2.18. The van der Waals surface area contributed by atoms with Gasteiger partial charge in [0.1, 0.15) is 6.29 Å². The second kappa shape index (κ2) is 7.32. The molecule has 0 bridgehead atoms. The lowest BCUT2D eigenvalue weighted by molar-refractivity contribution is -0.109. The van der Waals surface area contributed by atoms with Crippen LogP contribution in [-0.4, -0.2) is 19.0 Å². The lowest BCUT2D eigenvalue weighted by atomic mass is 9.96. The van der Waals surface area contributed by atoms with E-state index in [4.69, 9.17) is 4.74 Å². The van der Waals surface area contributed by atoms with E-state index in [0.717, 1.165) is 18.3 Å². The standard InChI is InChI=1S/C16H22O2/c17-13-15(14-7-3-1-4-8-14)11-12-18-16-9-5-2-6-10-16/h1,3-4,7-8,13,15-16H,2,5-6,9-12H2. The first kappa shape index (κ1) is 13.3. The van der Waals surface area contributed by atoms with Crippen molar-refractivity contribution in [3.63, 3.8) is 0 Å². The normalized spacial score (nSPS) is 18.4. The minimum Gasteiger partial charge on any atom is -0.378 e. The molecule has 1 aromatic rings. The minimum absolute atomic E-state index is 0.0187. The zero-order valence-electron chi connectivity index (χ0n) is 10.9. The van der Waals surface area contributed by atoms with Gasteiger partial charge in [-0.25, -0.2) is 0 Å². The van der Waals surface area contributed by atoms with Gasteiger partial charge in [0, 0.05) is 12.5 Å². The van der Waals surface area contributed by atoms with Crippen molar-refractivity contribution in [2.45, 2.75) is 50.5 Å². The SMILES string of the molecule is O=CC(CCOC1CCCCC1)c1ccccc1. The van der Waals surface area contributed by atoms with Crippen LogP contribution < -0.4 is 0 Å². The maximum absolute atomic E-state index is 11.1. The predicted octanol–water partition coefficient (Wildman–Crippen LogP) is 3.71. The molecule has 1 aliphatic carbocycles. The van der Waals surface area contributed by atoms with Crippen LogP contribution in [0.3, 0.4) is 0 Å². The van der Waals surface area contributed by atoms with Crippen molar-refractivity contribution in [2.75, 3.05) is 6.61 Å². The highest BCUT2D eigenvalue weighted by molar-refractivity contribution is 5.61. The third-order valence-electron chi connectivity index (χ3n) is 3.73. The number of hydrogen-bond acceptors (Lipinski definition) is 2. The van der Waals surface area contributed by atoms with E-state index in [1.807, 2.05) is 30.3 Å². The summed E-state index contributed by atoms with van der Waals surface area (Å²) in [6, 6.07) is 9.96. The first-order chi connectivity index (χ1) is 8.90. The van der Waals surface area contributed by atoms with Crippen LogP contribution in [0.15, 0.2) is 30.3 Å². The molecule has 98 valence electrons. The molecule has 2 rings (SSSR count). The third kappa shape index (κ3) is 3.95. The van der Waals surface area contributed by atoms with E-state index >= 15 is 0 Å². The summed E-state index contributed by atoms with van der Waals surface area (Å²) in [5.74, 6) is -0.0187. The smallest absolute Gasteiger partial charge is 0.127 e. The number of benzene rings is 1. The molecule has 0 spiro atoms. The fraction of sp³-hybridized carbons (Fsp3) is 0.562. The molecule has 1 aromatic carbocycles. The zero-order chi connectivity index (χ0) is 12.6. The average molecular weight is 246 g/mol. The van der Waals surface area contributed by atoms with Gasteiger partial charge in [-0.1, -0.05) is 49.6 Å². The predicted molar refractivity (Wildman–Crippen MR) is 72.7 cm³/mol. The summed E-state index contributed by atoms with van der Waals surface area (Å²) in [5.41, 5.74) is 1.10. The van der Waals surface area contributed by atoms with Gasteiger partial charge in [-0.15, -0.1) is 0 Å². The molecule has 1 unspecified atom stereocenters. The Morgan fingerprint density at radius 3 is 2.56 bits per heavy atom. The molecule has 1 atom stereocenters. The molecule has 1 saturated carbocycles. The summed E-state index contributed by atoms with van der Waals surface area (Å²) in [6.45, 7) is 0.697. The Bertz CT molecular complexity index is 341. The highest BCUT2D eigenvalue weighted by Crippen LogP contribution is 2.22. The Morgan fingerprint density at radius 2 is 1.89 bits per heavy atom. The monoisotopic (exact) mass is 246 g/mol. The van der Waals surface area contributed by atoms with Crippen LogP contribution in [0.25, 0.3) is 0 Å². The maximum Gasteiger partial charge on any atom is 0.127 e. The quantitative estimate of drug-likeness (QED) is 0.715. The van der Waals surface area contributed by atoms with Crippen molar-refractivity contribution in [1.82, 2.24) is 0 Å². The topological polar surface area (TPSA) is 26.3 Å². The Balaban J connectivity index is 1.75. The molecular weight excluding hydrogens is 224 g/mol. The second-order valence-electron chi connectivity index (χ2n) is 5.07. The summed E-state index contributed by atoms with van der Waals surface area (Å²) in [7, 11) is 0. The molecule has 0 N–H and O–H groups in total. The first-order valence-corrected chi connectivity index (χ1v) is 7.02. The van der Waals surface area contributed by atoms with Gasteiger partial charge in [0.25, 0.3) is 0 Å². The summed E-state index contributed by atoms with van der Waals surface area (Å²) in [5, 5.41) is 0. The fourth-order valence-electron chi connectivity index (χ4n) is 2.61. The molecule has 0 radical (unpaired) electrons. The van der Waals surface area contributed by atoms with Crippen molar-refractivity contribution in [3.8, 4) is 0 Å². The number of rotatable bonds is 6. The molecule has 0 amide bonds. The van der Waals surface area contributed by atoms with Crippen molar-refractivity contribution < 1.29 is 9.53 Å². The minimum atomic E-state index is -0.0187. The molecule has 2 heteroatoms. The second-order valence-corrected chi connectivity index (χ2v) is 5.07. The Labute approximate surface area is 109 Å². The molecule has 0 saturated heterocycles. The fourth-order valence-corrected chi connectivity index (χ4v) is 2.61. The van der Waals surface area contributed by atoms with Crippen molar-refractivity contribution in [2.24, 2.45) is 0 Å². The summed E-state index contributed by atoms with van der Waals surface area (Å²) in [6.07, 6.45) is 8.58. The number of aldehydes is 1. The summed E-state index contributed by atoms with van der Waals surface area (Å²) < 4.78 is 5.88. The highest BCUT2D eigenvalue weighted by atomic mass is 16.5. The van der Waals surface area contributed by atoms with Gasteiger partial charge < -0.3 is 9.53 Å². The van der Waals surface area contributed by atoms with Crippen LogP contribution >= 0.6 is 0 Å². The van der Waals surface area contributed by atoms with E-state index in [9.17, 15) is 4.79 Å². The third-order valence-corrected chi connectivity index (χ3v) is 3.73. The van der Waals surface area contributed by atoms with Crippen molar-refractivity contribution >= 4 is 6.29 Å². The van der Waals surface area contributed by atoms with Gasteiger partial charge in [0.05, 0.1) is 6.10 Å². The Morgan fingerprint density at radius 1 is 1.17 bits per heavy atom. The molecule has 18 heavy (non-hydrogen) atoms. The van der Waals surface area contributed by atoms with Crippen molar-refractivity contribution in [3.05, 3.63) is 35.9 Å². The van der Waals surface area contributed by atoms with E-state index in [2.05, 4.69) is 0 Å². The van der Waals surface area contributed by atoms with Gasteiger partial charge in [0.15, 0.2) is 0 Å². The molecule has 1 fully saturated rings. The lowest BCUT2D eigenvalue weighted by Gasteiger charge is -2.22. The average Bonchev–Trinajstić information content (AvgIpc) is 2.46. The highest BCUT2D eigenvalue weighted by Gasteiger charge is 2.15. The Kier molecular flexibility index (Phi) is 5.40. The number of carbonyl (C=O) groups is 1. The van der Waals surface area contributed by atoms with Gasteiger partial charge in [-0.2, -0.15) is 0 Å². The molecular formula is C16H22O2. The van der Waals surface area contributed by atoms with Crippen LogP contribution in [0.5, 0.6) is 0 Å². The van der Waals surface area contributed by atoms with Gasteiger partial charge in [-0.3, -0.25) is 0 Å². The van der Waals surface area contributed by atoms with Crippen molar-refractivity contribution in [1.29, 1.82) is 0 Å². The molecule has 1 aliphatic rings. The molecule has 0 aliphatic heterocycles. The number of carbonyl (C=O) groups excluding carboxylic acids is 1. The van der Waals surface area contributed by atoms with E-state index < -0.39 is 0 Å². The van der Waals surface area contributed by atoms with Crippen LogP contribution in [0, 0.1) is 0 Å². The van der Waals surface area contributed by atoms with E-state index in [-0.39, 0.29) is 5.92 Å². The van der Waals surface area contributed by atoms with Crippen LogP contribution in [0.1, 0.15) is 50.0 Å². The Hall–Kier alpha value is -1.15. The van der Waals surface area contributed by atoms with E-state index in [1.165, 1.54) is 32.1 Å². The first-order valence-electron chi connectivity index (χ1n) is 7.02. The van der Waals surface area contributed by atoms with E-state index in [0.29, 0.717) is 12.7 Å². The van der Waals surface area contributed by atoms with Crippen LogP contribution in [0.4, 0.5) is 0 Å². The van der Waals surface area contributed by atoms with E-state index in [1.54, 1.807) is 0 Å². The summed E-state index contributed by atoms with van der Waals surface area (Å²) in [4.78, 5) is 11.1. The van der Waals surface area contributed by atoms with Gasteiger partial charge in [-0.05, 0) is 24.8 Å². The number of ether oxygens (including phenoxy) is 1. The zero-order valence-corrected chi connectivity index (χ0v) is 10.9. The van der Waals surface area contributed by atoms with Gasteiger partial charge >= 0.3 is 0 Å². The van der Waals surface area contributed by atoms with Crippen LogP contribution in [-0.2, 0) is 9.53 Å². The number of hydrogen-bond donors (Lipinski definition) is 0. The van der Waals surface area contributed by atoms with Crippen LogP contribution in [0.2, 0.25) is 0 Å². The summed E-state index contributed by atoms with van der Waals surface area (Å²) >= 11 is 0. The largest absolute Gasteiger partial charge is 0.378 e. The molecule has 0 heterocycles. The molecule has 0 aromatic heterocycles. The maximum atomic E-state index is 11.1. The molecule has 2 nitrogen and oxygen atoms in total. The van der Waals surface area contributed by atoms with Gasteiger partial charge in [0.2, 0.25) is 0 Å².